The minimum atomic E-state index is -2.93. The van der Waals surface area contributed by atoms with Gasteiger partial charge in [0.15, 0.2) is 12.1 Å². The molecule has 0 aromatic heterocycles. The molecule has 0 N–H and O–H groups in total. The van der Waals surface area contributed by atoms with Gasteiger partial charge in [0.1, 0.15) is 12.6 Å². The summed E-state index contributed by atoms with van der Waals surface area (Å²) in [5.41, 5.74) is -0.0142. The Kier molecular flexibility index (Phi) is 20.0. The maximum Gasteiger partial charge on any atom is 0.266 e. The quantitative estimate of drug-likeness (QED) is 0.104. The lowest BCUT2D eigenvalue weighted by Crippen LogP contribution is -2.55. The Labute approximate surface area is 229 Å². The number of hydrogen-bond acceptors (Lipinski definition) is 6. The van der Waals surface area contributed by atoms with E-state index in [0.717, 1.165) is 45.1 Å². The molecular formula is C30H51F2NO5. The van der Waals surface area contributed by atoms with Gasteiger partial charge in [0, 0.05) is 25.9 Å². The molecule has 8 heteroatoms. The van der Waals surface area contributed by atoms with Crippen LogP contribution in [-0.2, 0) is 23.9 Å². The molecule has 1 spiro atoms. The monoisotopic (exact) mass is 543 g/mol. The summed E-state index contributed by atoms with van der Waals surface area (Å²) in [6.45, 7) is 20.1. The molecule has 1 aliphatic carbocycles. The molecule has 1 heterocycles. The maximum absolute atomic E-state index is 12.6. The summed E-state index contributed by atoms with van der Waals surface area (Å²) in [5, 5.41) is 0. The lowest BCUT2D eigenvalue weighted by Gasteiger charge is -2.48. The lowest BCUT2D eigenvalue weighted by molar-refractivity contribution is -0.151. The van der Waals surface area contributed by atoms with E-state index < -0.39 is 11.7 Å². The summed E-state index contributed by atoms with van der Waals surface area (Å²) in [6.07, 6.45) is 9.81. The summed E-state index contributed by atoms with van der Waals surface area (Å²) >= 11 is 0. The Morgan fingerprint density at radius 1 is 1.11 bits per heavy atom. The molecule has 1 aliphatic heterocycles. The van der Waals surface area contributed by atoms with Crippen LogP contribution in [0.5, 0.6) is 0 Å². The SMILES string of the molecule is C=O.CC(=O)/C(C=O)=C\C=C(/C)C(C)(F)F.CCCN1CCOC2(CCC2)C1.CC[C@@H](CC(C)C)C(C)=O. The molecule has 0 aromatic rings. The molecule has 1 saturated carbocycles. The zero-order chi connectivity index (χ0) is 29.9. The van der Waals surface area contributed by atoms with Gasteiger partial charge in [-0.15, -0.1) is 0 Å². The van der Waals surface area contributed by atoms with Crippen LogP contribution in [0.2, 0.25) is 0 Å². The Hall–Kier alpha value is -2.06. The number of rotatable bonds is 10. The number of carbonyl (C=O) groups excluding carboxylic acids is 4. The molecule has 2 fully saturated rings. The van der Waals surface area contributed by atoms with Crippen molar-refractivity contribution in [3.63, 3.8) is 0 Å². The van der Waals surface area contributed by atoms with E-state index in [9.17, 15) is 23.2 Å². The van der Waals surface area contributed by atoms with E-state index in [0.29, 0.717) is 29.5 Å². The minimum absolute atomic E-state index is 0.117. The normalized spacial score (nSPS) is 18.0. The van der Waals surface area contributed by atoms with Crippen LogP contribution in [0.25, 0.3) is 0 Å². The van der Waals surface area contributed by atoms with E-state index in [2.05, 4.69) is 32.6 Å². The third-order valence-corrected chi connectivity index (χ3v) is 6.69. The van der Waals surface area contributed by atoms with E-state index in [-0.39, 0.29) is 11.1 Å². The second-order valence-electron chi connectivity index (χ2n) is 10.5. The van der Waals surface area contributed by atoms with Crippen molar-refractivity contribution < 1.29 is 32.7 Å². The fraction of sp³-hybridized carbons (Fsp3) is 0.733. The predicted octanol–water partition coefficient (Wildman–Crippen LogP) is 6.42. The first-order valence-electron chi connectivity index (χ1n) is 13.6. The highest BCUT2D eigenvalue weighted by molar-refractivity contribution is 6.10. The van der Waals surface area contributed by atoms with Crippen LogP contribution in [0, 0.1) is 11.8 Å². The van der Waals surface area contributed by atoms with Crippen LogP contribution in [0.4, 0.5) is 8.78 Å². The van der Waals surface area contributed by atoms with Crippen molar-refractivity contribution in [3.05, 3.63) is 23.3 Å². The van der Waals surface area contributed by atoms with Crippen LogP contribution < -0.4 is 0 Å². The molecule has 2 rings (SSSR count). The Balaban J connectivity index is 0. The van der Waals surface area contributed by atoms with Crippen LogP contribution in [-0.4, -0.2) is 67.3 Å². The number of morpholine rings is 1. The highest BCUT2D eigenvalue weighted by Crippen LogP contribution is 2.38. The van der Waals surface area contributed by atoms with Crippen molar-refractivity contribution >= 4 is 24.6 Å². The van der Waals surface area contributed by atoms with E-state index in [1.165, 1.54) is 52.6 Å². The van der Waals surface area contributed by atoms with Gasteiger partial charge in [0.2, 0.25) is 0 Å². The number of alkyl halides is 2. The number of aldehydes is 1. The van der Waals surface area contributed by atoms with Crippen molar-refractivity contribution in [2.45, 2.75) is 105 Å². The van der Waals surface area contributed by atoms with Crippen molar-refractivity contribution in [3.8, 4) is 0 Å². The molecule has 1 atom stereocenters. The van der Waals surface area contributed by atoms with Crippen LogP contribution in [0.1, 0.15) is 93.9 Å². The molecule has 0 amide bonds. The first-order chi connectivity index (χ1) is 17.7. The third-order valence-electron chi connectivity index (χ3n) is 6.69. The number of hydrogen-bond donors (Lipinski definition) is 0. The Morgan fingerprint density at radius 3 is 2.00 bits per heavy atom. The molecular weight excluding hydrogens is 492 g/mol. The molecule has 2 aliphatic rings. The molecule has 220 valence electrons. The zero-order valence-corrected chi connectivity index (χ0v) is 24.9. The molecule has 38 heavy (non-hydrogen) atoms. The van der Waals surface area contributed by atoms with Crippen LogP contribution in [0.15, 0.2) is 23.3 Å². The fourth-order valence-corrected chi connectivity index (χ4v) is 4.09. The van der Waals surface area contributed by atoms with E-state index in [1.807, 2.05) is 6.79 Å². The highest BCUT2D eigenvalue weighted by Gasteiger charge is 2.41. The van der Waals surface area contributed by atoms with Gasteiger partial charge in [-0.1, -0.05) is 33.8 Å². The molecule has 0 bridgehead atoms. The highest BCUT2D eigenvalue weighted by atomic mass is 19.3. The molecule has 1 saturated heterocycles. The van der Waals surface area contributed by atoms with Crippen molar-refractivity contribution in [1.29, 1.82) is 0 Å². The average Bonchev–Trinajstić information content (AvgIpc) is 2.83. The van der Waals surface area contributed by atoms with Gasteiger partial charge >= 0.3 is 0 Å². The topological polar surface area (TPSA) is 80.8 Å². The maximum atomic E-state index is 12.6. The predicted molar refractivity (Wildman–Crippen MR) is 150 cm³/mol. The van der Waals surface area contributed by atoms with Gasteiger partial charge in [-0.25, -0.2) is 8.78 Å². The van der Waals surface area contributed by atoms with E-state index in [1.54, 1.807) is 6.92 Å². The van der Waals surface area contributed by atoms with E-state index in [4.69, 9.17) is 9.53 Å². The minimum Gasteiger partial charge on any atom is -0.372 e. The smallest absolute Gasteiger partial charge is 0.266 e. The van der Waals surface area contributed by atoms with Gasteiger partial charge in [0.05, 0.1) is 17.8 Å². The number of nitrogens with zero attached hydrogens (tertiary/aromatic N) is 1. The third kappa shape index (κ3) is 16.0. The molecule has 0 radical (unpaired) electrons. The van der Waals surface area contributed by atoms with Gasteiger partial charge in [-0.2, -0.15) is 0 Å². The van der Waals surface area contributed by atoms with Gasteiger partial charge < -0.3 is 9.53 Å². The average molecular weight is 544 g/mol. The first-order valence-corrected chi connectivity index (χ1v) is 13.6. The number of Topliss-reactive ketones (excluding diaryl/α,β-unsaturated/α-hetero) is 2. The molecule has 6 nitrogen and oxygen atoms in total. The first kappa shape index (κ1) is 38.1. The van der Waals surface area contributed by atoms with Gasteiger partial charge in [-0.05, 0) is 83.4 Å². The van der Waals surface area contributed by atoms with E-state index >= 15 is 0 Å². The number of carbonyl (C=O) groups is 4. The van der Waals surface area contributed by atoms with Crippen molar-refractivity contribution in [2.75, 3.05) is 26.2 Å². The van der Waals surface area contributed by atoms with Gasteiger partial charge in [-0.3, -0.25) is 19.3 Å². The Bertz CT molecular complexity index is 765. The zero-order valence-electron chi connectivity index (χ0n) is 24.9. The standard InChI is InChI=1S/C10H12F2O2.C10H19NO.C9H18O.CH2O/c1-7(10(3,11)12)4-5-9(6-13)8(2)14;1-2-6-11-7-8-12-10(9-11)4-3-5-10;1-5-9(8(4)10)6-7(2)3;1-2/h4-6H,1-3H3;2-9H2,1H3;7,9H,5-6H2,1-4H3;1H2/b7-4+,9-5-;;;/t;;9-;/m..0./s1. The second kappa shape index (κ2) is 19.9. The number of ether oxygens (including phenoxy) is 1. The summed E-state index contributed by atoms with van der Waals surface area (Å²) in [4.78, 5) is 42.5. The van der Waals surface area contributed by atoms with Crippen LogP contribution >= 0.6 is 0 Å². The van der Waals surface area contributed by atoms with Crippen molar-refractivity contribution in [2.24, 2.45) is 11.8 Å². The Morgan fingerprint density at radius 2 is 1.68 bits per heavy atom. The summed E-state index contributed by atoms with van der Waals surface area (Å²) in [7, 11) is 0. The second-order valence-corrected chi connectivity index (χ2v) is 10.5. The summed E-state index contributed by atoms with van der Waals surface area (Å²) in [5.74, 6) is -2.07. The van der Waals surface area contributed by atoms with Gasteiger partial charge in [0.25, 0.3) is 5.92 Å². The van der Waals surface area contributed by atoms with Crippen LogP contribution in [0.3, 0.4) is 0 Å². The summed E-state index contributed by atoms with van der Waals surface area (Å²) in [6, 6.07) is 0. The largest absolute Gasteiger partial charge is 0.372 e. The number of halogens is 2. The number of ketones is 2. The lowest BCUT2D eigenvalue weighted by atomic mass is 9.79. The fourth-order valence-electron chi connectivity index (χ4n) is 4.09. The number of allylic oxidation sites excluding steroid dienone is 4. The molecule has 0 unspecified atom stereocenters. The van der Waals surface area contributed by atoms with Crippen molar-refractivity contribution in [1.82, 2.24) is 4.90 Å². The molecule has 0 aromatic carbocycles. The summed E-state index contributed by atoms with van der Waals surface area (Å²) < 4.78 is 31.0.